The van der Waals surface area contributed by atoms with Gasteiger partial charge < -0.3 is 14.8 Å². The molecule has 1 N–H and O–H groups in total. The van der Waals surface area contributed by atoms with E-state index in [4.69, 9.17) is 21.1 Å². The van der Waals surface area contributed by atoms with Crippen molar-refractivity contribution in [2.45, 2.75) is 19.5 Å². The second kappa shape index (κ2) is 7.76. The Morgan fingerprint density at radius 1 is 1.20 bits per heavy atom. The minimum absolute atomic E-state index is 0.0225. The third kappa shape index (κ3) is 4.65. The summed E-state index contributed by atoms with van der Waals surface area (Å²) in [5.74, 6) is 1.50. The minimum atomic E-state index is -0.0660. The van der Waals surface area contributed by atoms with Gasteiger partial charge in [-0.3, -0.25) is 9.69 Å². The summed E-state index contributed by atoms with van der Waals surface area (Å²) in [6, 6.07) is 13.3. The maximum Gasteiger partial charge on any atom is 0.234 e. The van der Waals surface area contributed by atoms with Crippen molar-refractivity contribution in [3.05, 3.63) is 58.6 Å². The predicted molar refractivity (Wildman–Crippen MR) is 96.9 cm³/mol. The van der Waals surface area contributed by atoms with E-state index in [1.807, 2.05) is 61.3 Å². The van der Waals surface area contributed by atoms with E-state index < -0.39 is 0 Å². The SMILES string of the molecule is CC(NC(=O)CN(C)Cc1ccc2c(c1)OCO2)c1ccc(Cl)cc1. The van der Waals surface area contributed by atoms with Gasteiger partial charge in [0, 0.05) is 11.6 Å². The van der Waals surface area contributed by atoms with Gasteiger partial charge in [0.05, 0.1) is 12.6 Å². The summed E-state index contributed by atoms with van der Waals surface area (Å²) in [4.78, 5) is 14.2. The normalized spacial score (nSPS) is 13.8. The minimum Gasteiger partial charge on any atom is -0.454 e. The van der Waals surface area contributed by atoms with Gasteiger partial charge in [-0.2, -0.15) is 0 Å². The lowest BCUT2D eigenvalue weighted by Crippen LogP contribution is -2.36. The highest BCUT2D eigenvalue weighted by Crippen LogP contribution is 2.32. The Balaban J connectivity index is 1.51. The molecular weight excluding hydrogens is 340 g/mol. The number of amides is 1. The third-order valence-corrected chi connectivity index (χ3v) is 4.30. The molecule has 132 valence electrons. The maximum absolute atomic E-state index is 12.3. The van der Waals surface area contributed by atoms with Gasteiger partial charge in [-0.05, 0) is 49.4 Å². The van der Waals surface area contributed by atoms with Crippen molar-refractivity contribution in [2.24, 2.45) is 0 Å². The van der Waals surface area contributed by atoms with Crippen LogP contribution >= 0.6 is 11.6 Å². The molecule has 2 aromatic carbocycles. The Hall–Kier alpha value is -2.24. The van der Waals surface area contributed by atoms with Crippen molar-refractivity contribution < 1.29 is 14.3 Å². The van der Waals surface area contributed by atoms with E-state index in [0.29, 0.717) is 18.1 Å². The molecule has 1 amide bonds. The zero-order chi connectivity index (χ0) is 17.8. The molecule has 0 radical (unpaired) electrons. The summed E-state index contributed by atoms with van der Waals surface area (Å²) in [6.45, 7) is 3.18. The van der Waals surface area contributed by atoms with Gasteiger partial charge in [0.15, 0.2) is 11.5 Å². The van der Waals surface area contributed by atoms with Crippen LogP contribution < -0.4 is 14.8 Å². The van der Waals surface area contributed by atoms with Crippen LogP contribution in [0.15, 0.2) is 42.5 Å². The molecule has 0 aromatic heterocycles. The number of carbonyl (C=O) groups excluding carboxylic acids is 1. The number of nitrogens with one attached hydrogen (secondary N) is 1. The first-order chi connectivity index (χ1) is 12.0. The van der Waals surface area contributed by atoms with E-state index in [2.05, 4.69) is 5.32 Å². The Morgan fingerprint density at radius 2 is 1.92 bits per heavy atom. The molecule has 1 atom stereocenters. The fraction of sp³-hybridized carbons (Fsp3) is 0.316. The highest BCUT2D eigenvalue weighted by atomic mass is 35.5. The molecule has 1 aliphatic rings. The third-order valence-electron chi connectivity index (χ3n) is 4.05. The number of halogens is 1. The number of hydrogen-bond acceptors (Lipinski definition) is 4. The number of ether oxygens (including phenoxy) is 2. The Bertz CT molecular complexity index is 749. The van der Waals surface area contributed by atoms with Gasteiger partial charge >= 0.3 is 0 Å². The number of likely N-dealkylation sites (N-methyl/N-ethyl adjacent to an activating group) is 1. The van der Waals surface area contributed by atoms with E-state index in [0.717, 1.165) is 22.6 Å². The van der Waals surface area contributed by atoms with Crippen molar-refractivity contribution in [1.29, 1.82) is 0 Å². The Morgan fingerprint density at radius 3 is 2.68 bits per heavy atom. The van der Waals surface area contributed by atoms with Crippen LogP contribution in [0.1, 0.15) is 24.1 Å². The quantitative estimate of drug-likeness (QED) is 0.858. The molecule has 25 heavy (non-hydrogen) atoms. The summed E-state index contributed by atoms with van der Waals surface area (Å²) in [5, 5.41) is 3.69. The van der Waals surface area contributed by atoms with Gasteiger partial charge in [-0.15, -0.1) is 0 Å². The molecule has 0 bridgehead atoms. The van der Waals surface area contributed by atoms with Crippen molar-refractivity contribution in [1.82, 2.24) is 10.2 Å². The monoisotopic (exact) mass is 360 g/mol. The number of nitrogens with zero attached hydrogens (tertiary/aromatic N) is 1. The topological polar surface area (TPSA) is 50.8 Å². The highest BCUT2D eigenvalue weighted by Gasteiger charge is 2.15. The highest BCUT2D eigenvalue weighted by molar-refractivity contribution is 6.30. The number of fused-ring (bicyclic) bond motifs is 1. The van der Waals surface area contributed by atoms with Crippen LogP contribution in [0.2, 0.25) is 5.02 Å². The van der Waals surface area contributed by atoms with E-state index in [1.165, 1.54) is 0 Å². The van der Waals surface area contributed by atoms with Crippen molar-refractivity contribution in [2.75, 3.05) is 20.4 Å². The fourth-order valence-corrected chi connectivity index (χ4v) is 2.90. The van der Waals surface area contributed by atoms with Gasteiger partial charge in [0.1, 0.15) is 0 Å². The number of hydrogen-bond donors (Lipinski definition) is 1. The Labute approximate surface area is 152 Å². The molecule has 3 rings (SSSR count). The zero-order valence-electron chi connectivity index (χ0n) is 14.3. The van der Waals surface area contributed by atoms with E-state index in [1.54, 1.807) is 0 Å². The van der Waals surface area contributed by atoms with Crippen molar-refractivity contribution >= 4 is 17.5 Å². The molecule has 2 aromatic rings. The molecule has 1 heterocycles. The van der Waals surface area contributed by atoms with Gasteiger partial charge in [-0.25, -0.2) is 0 Å². The molecule has 6 heteroatoms. The molecule has 1 unspecified atom stereocenters. The first kappa shape index (κ1) is 17.6. The largest absolute Gasteiger partial charge is 0.454 e. The number of rotatable bonds is 6. The average Bonchev–Trinajstić information content (AvgIpc) is 3.02. The summed E-state index contributed by atoms with van der Waals surface area (Å²) < 4.78 is 10.7. The molecular formula is C19H21ClN2O3. The van der Waals surface area contributed by atoms with Crippen LogP contribution in [0.3, 0.4) is 0 Å². The fourth-order valence-electron chi connectivity index (χ4n) is 2.77. The first-order valence-corrected chi connectivity index (χ1v) is 8.51. The smallest absolute Gasteiger partial charge is 0.234 e. The van der Waals surface area contributed by atoms with Crippen LogP contribution in [0.5, 0.6) is 11.5 Å². The van der Waals surface area contributed by atoms with Crippen LogP contribution in [-0.4, -0.2) is 31.2 Å². The average molecular weight is 361 g/mol. The van der Waals surface area contributed by atoms with E-state index in [-0.39, 0.29) is 18.7 Å². The molecule has 0 saturated heterocycles. The summed E-state index contributed by atoms with van der Waals surface area (Å²) in [5.41, 5.74) is 2.10. The lowest BCUT2D eigenvalue weighted by atomic mass is 10.1. The molecule has 0 fully saturated rings. The number of carbonyl (C=O) groups is 1. The van der Waals surface area contributed by atoms with Crippen molar-refractivity contribution in [3.8, 4) is 11.5 Å². The second-order valence-corrected chi connectivity index (χ2v) is 6.64. The van der Waals surface area contributed by atoms with E-state index >= 15 is 0 Å². The molecule has 0 saturated carbocycles. The summed E-state index contributed by atoms with van der Waals surface area (Å²) in [6.07, 6.45) is 0. The van der Waals surface area contributed by atoms with Gasteiger partial charge in [-0.1, -0.05) is 29.8 Å². The maximum atomic E-state index is 12.3. The lowest BCUT2D eigenvalue weighted by Gasteiger charge is -2.19. The molecule has 0 aliphatic carbocycles. The van der Waals surface area contributed by atoms with Crippen LogP contribution in [0, 0.1) is 0 Å². The second-order valence-electron chi connectivity index (χ2n) is 6.20. The zero-order valence-corrected chi connectivity index (χ0v) is 15.0. The van der Waals surface area contributed by atoms with E-state index in [9.17, 15) is 4.79 Å². The van der Waals surface area contributed by atoms with Gasteiger partial charge in [0.25, 0.3) is 0 Å². The molecule has 5 nitrogen and oxygen atoms in total. The predicted octanol–water partition coefficient (Wildman–Crippen LogP) is 3.38. The standard InChI is InChI=1S/C19H21ClN2O3/c1-13(15-4-6-16(20)7-5-15)21-19(23)11-22(2)10-14-3-8-17-18(9-14)25-12-24-17/h3-9,13H,10-12H2,1-2H3,(H,21,23). The van der Waals surface area contributed by atoms with Crippen LogP contribution in [-0.2, 0) is 11.3 Å². The Kier molecular flexibility index (Phi) is 5.46. The molecule has 1 aliphatic heterocycles. The summed E-state index contributed by atoms with van der Waals surface area (Å²) in [7, 11) is 1.91. The molecule has 0 spiro atoms. The van der Waals surface area contributed by atoms with Gasteiger partial charge in [0.2, 0.25) is 12.7 Å². The van der Waals surface area contributed by atoms with Crippen molar-refractivity contribution in [3.63, 3.8) is 0 Å². The summed E-state index contributed by atoms with van der Waals surface area (Å²) >= 11 is 5.89. The first-order valence-electron chi connectivity index (χ1n) is 8.13. The van der Waals surface area contributed by atoms with Crippen LogP contribution in [0.25, 0.3) is 0 Å². The lowest BCUT2D eigenvalue weighted by molar-refractivity contribution is -0.122. The number of benzene rings is 2. The van der Waals surface area contributed by atoms with Crippen LogP contribution in [0.4, 0.5) is 0 Å².